The number of benzene rings is 1. The fourth-order valence-corrected chi connectivity index (χ4v) is 2.69. The maximum Gasteiger partial charge on any atom is 0.0767 e. The summed E-state index contributed by atoms with van der Waals surface area (Å²) >= 11 is 0. The van der Waals surface area contributed by atoms with E-state index in [1.165, 1.54) is 10.9 Å². The molecule has 114 valence electrons. The largest absolute Gasteiger partial charge is 0.377 e. The number of hydrogen-bond acceptors (Lipinski definition) is 3. The standard InChI is InChI=1S/C18H26N2O/c1-4-11-19-18(17(5-2)21-6-3)15-12-14-9-7-8-10-16(14)20-13-15/h7-10,12-13,17-19H,4-6,11H2,1-3H3. The van der Waals surface area contributed by atoms with Gasteiger partial charge in [-0.1, -0.05) is 32.0 Å². The van der Waals surface area contributed by atoms with Gasteiger partial charge in [-0.3, -0.25) is 4.98 Å². The van der Waals surface area contributed by atoms with Crippen LogP contribution in [0, 0.1) is 0 Å². The summed E-state index contributed by atoms with van der Waals surface area (Å²) in [6.07, 6.45) is 4.27. The van der Waals surface area contributed by atoms with Crippen LogP contribution in [0.2, 0.25) is 0 Å². The molecule has 0 spiro atoms. The summed E-state index contributed by atoms with van der Waals surface area (Å²) in [4.78, 5) is 4.59. The van der Waals surface area contributed by atoms with Gasteiger partial charge in [0.2, 0.25) is 0 Å². The molecule has 1 aromatic heterocycles. The second-order valence-corrected chi connectivity index (χ2v) is 5.30. The van der Waals surface area contributed by atoms with Gasteiger partial charge >= 0.3 is 0 Å². The Morgan fingerprint density at radius 2 is 2.00 bits per heavy atom. The molecule has 1 N–H and O–H groups in total. The summed E-state index contributed by atoms with van der Waals surface area (Å²) in [5, 5.41) is 4.81. The second-order valence-electron chi connectivity index (χ2n) is 5.30. The summed E-state index contributed by atoms with van der Waals surface area (Å²) in [7, 11) is 0. The van der Waals surface area contributed by atoms with E-state index in [9.17, 15) is 0 Å². The Hall–Kier alpha value is -1.45. The van der Waals surface area contributed by atoms with E-state index in [0.717, 1.165) is 31.5 Å². The van der Waals surface area contributed by atoms with Gasteiger partial charge in [0, 0.05) is 18.2 Å². The number of rotatable bonds is 8. The van der Waals surface area contributed by atoms with E-state index in [2.05, 4.69) is 49.3 Å². The molecule has 2 unspecified atom stereocenters. The van der Waals surface area contributed by atoms with Crippen molar-refractivity contribution in [3.8, 4) is 0 Å². The van der Waals surface area contributed by atoms with E-state index in [0.29, 0.717) is 0 Å². The molecule has 1 aromatic carbocycles. The third-order valence-electron chi connectivity index (χ3n) is 3.74. The summed E-state index contributed by atoms with van der Waals surface area (Å²) in [6, 6.07) is 10.7. The molecule has 1 heterocycles. The van der Waals surface area contributed by atoms with Gasteiger partial charge in [0.1, 0.15) is 0 Å². The molecular formula is C18H26N2O. The molecule has 0 bridgehead atoms. The Morgan fingerprint density at radius 1 is 1.19 bits per heavy atom. The minimum Gasteiger partial charge on any atom is -0.377 e. The smallest absolute Gasteiger partial charge is 0.0767 e. The zero-order valence-electron chi connectivity index (χ0n) is 13.3. The molecule has 0 aliphatic heterocycles. The molecule has 3 nitrogen and oxygen atoms in total. The van der Waals surface area contributed by atoms with Gasteiger partial charge in [0.05, 0.1) is 17.7 Å². The predicted molar refractivity (Wildman–Crippen MR) is 88.5 cm³/mol. The number of aromatic nitrogens is 1. The lowest BCUT2D eigenvalue weighted by molar-refractivity contribution is 0.0314. The van der Waals surface area contributed by atoms with Crippen molar-refractivity contribution in [1.82, 2.24) is 10.3 Å². The van der Waals surface area contributed by atoms with Gasteiger partial charge in [-0.2, -0.15) is 0 Å². The van der Waals surface area contributed by atoms with Crippen molar-refractivity contribution in [1.29, 1.82) is 0 Å². The third kappa shape index (κ3) is 4.02. The maximum atomic E-state index is 5.93. The van der Waals surface area contributed by atoms with Crippen LogP contribution >= 0.6 is 0 Å². The number of nitrogens with one attached hydrogen (secondary N) is 1. The molecule has 0 saturated heterocycles. The van der Waals surface area contributed by atoms with Crippen molar-refractivity contribution in [2.45, 2.75) is 45.8 Å². The monoisotopic (exact) mass is 286 g/mol. The highest BCUT2D eigenvalue weighted by Crippen LogP contribution is 2.24. The van der Waals surface area contributed by atoms with Gasteiger partial charge in [-0.25, -0.2) is 0 Å². The van der Waals surface area contributed by atoms with Crippen molar-refractivity contribution < 1.29 is 4.74 Å². The predicted octanol–water partition coefficient (Wildman–Crippen LogP) is 4.09. The lowest BCUT2D eigenvalue weighted by Gasteiger charge is -2.27. The lowest BCUT2D eigenvalue weighted by Crippen LogP contribution is -2.34. The van der Waals surface area contributed by atoms with Gasteiger partial charge in [0.15, 0.2) is 0 Å². The highest BCUT2D eigenvalue weighted by molar-refractivity contribution is 5.78. The Balaban J connectivity index is 2.32. The van der Waals surface area contributed by atoms with E-state index >= 15 is 0 Å². The van der Waals surface area contributed by atoms with Crippen LogP contribution in [0.1, 0.15) is 45.2 Å². The zero-order valence-corrected chi connectivity index (χ0v) is 13.3. The first-order valence-electron chi connectivity index (χ1n) is 7.99. The molecular weight excluding hydrogens is 260 g/mol. The summed E-state index contributed by atoms with van der Waals surface area (Å²) in [5.41, 5.74) is 2.25. The quantitative estimate of drug-likeness (QED) is 0.793. The van der Waals surface area contributed by atoms with Crippen LogP contribution in [0.3, 0.4) is 0 Å². The van der Waals surface area contributed by atoms with Crippen LogP contribution in [0.4, 0.5) is 0 Å². The molecule has 0 fully saturated rings. The van der Waals surface area contributed by atoms with E-state index in [-0.39, 0.29) is 12.1 Å². The van der Waals surface area contributed by atoms with Crippen LogP contribution in [0.5, 0.6) is 0 Å². The van der Waals surface area contributed by atoms with Crippen LogP contribution in [0.15, 0.2) is 36.5 Å². The van der Waals surface area contributed by atoms with E-state index in [1.807, 2.05) is 18.3 Å². The van der Waals surface area contributed by atoms with Gasteiger partial charge < -0.3 is 10.1 Å². The molecule has 2 rings (SSSR count). The summed E-state index contributed by atoms with van der Waals surface area (Å²) in [6.45, 7) is 8.14. The average Bonchev–Trinajstić information content (AvgIpc) is 2.54. The fraction of sp³-hybridized carbons (Fsp3) is 0.500. The van der Waals surface area contributed by atoms with Crippen molar-refractivity contribution in [2.24, 2.45) is 0 Å². The highest BCUT2D eigenvalue weighted by atomic mass is 16.5. The number of para-hydroxylation sites is 1. The Kier molecular flexibility index (Phi) is 6.15. The Morgan fingerprint density at radius 3 is 2.71 bits per heavy atom. The summed E-state index contributed by atoms with van der Waals surface area (Å²) in [5.74, 6) is 0. The molecule has 3 heteroatoms. The number of pyridine rings is 1. The third-order valence-corrected chi connectivity index (χ3v) is 3.74. The molecule has 0 aliphatic carbocycles. The van der Waals surface area contributed by atoms with Crippen molar-refractivity contribution in [3.05, 3.63) is 42.1 Å². The van der Waals surface area contributed by atoms with Crippen LogP contribution in [-0.4, -0.2) is 24.2 Å². The molecule has 21 heavy (non-hydrogen) atoms. The first-order chi connectivity index (χ1) is 10.3. The number of hydrogen-bond donors (Lipinski definition) is 1. The Bertz CT molecular complexity index is 556. The molecule has 0 aliphatic rings. The number of fused-ring (bicyclic) bond motifs is 1. The van der Waals surface area contributed by atoms with Crippen LogP contribution in [-0.2, 0) is 4.74 Å². The average molecular weight is 286 g/mol. The molecule has 2 aromatic rings. The van der Waals surface area contributed by atoms with Crippen LogP contribution in [0.25, 0.3) is 10.9 Å². The van der Waals surface area contributed by atoms with E-state index in [4.69, 9.17) is 4.74 Å². The SMILES string of the molecule is CCCNC(c1cnc2ccccc2c1)C(CC)OCC. The van der Waals surface area contributed by atoms with Crippen molar-refractivity contribution in [3.63, 3.8) is 0 Å². The fourth-order valence-electron chi connectivity index (χ4n) is 2.69. The first kappa shape index (κ1) is 15.9. The van der Waals surface area contributed by atoms with Gasteiger partial charge in [-0.05, 0) is 44.0 Å². The van der Waals surface area contributed by atoms with E-state index < -0.39 is 0 Å². The van der Waals surface area contributed by atoms with Crippen molar-refractivity contribution >= 4 is 10.9 Å². The molecule has 0 amide bonds. The van der Waals surface area contributed by atoms with Crippen LogP contribution < -0.4 is 5.32 Å². The maximum absolute atomic E-state index is 5.93. The number of nitrogens with zero attached hydrogens (tertiary/aromatic N) is 1. The minimum atomic E-state index is 0.185. The lowest BCUT2D eigenvalue weighted by atomic mass is 9.99. The summed E-state index contributed by atoms with van der Waals surface area (Å²) < 4.78 is 5.93. The molecule has 0 radical (unpaired) electrons. The zero-order chi connectivity index (χ0) is 15.1. The molecule has 2 atom stereocenters. The van der Waals surface area contributed by atoms with E-state index in [1.54, 1.807) is 0 Å². The highest BCUT2D eigenvalue weighted by Gasteiger charge is 2.22. The van der Waals surface area contributed by atoms with Crippen molar-refractivity contribution in [2.75, 3.05) is 13.2 Å². The normalized spacial score (nSPS) is 14.2. The minimum absolute atomic E-state index is 0.185. The topological polar surface area (TPSA) is 34.2 Å². The molecule has 0 saturated carbocycles. The number of ether oxygens (including phenoxy) is 1. The van der Waals surface area contributed by atoms with Gasteiger partial charge in [-0.15, -0.1) is 0 Å². The second kappa shape index (κ2) is 8.11. The van der Waals surface area contributed by atoms with Gasteiger partial charge in [0.25, 0.3) is 0 Å². The Labute approximate surface area is 127 Å². The first-order valence-corrected chi connectivity index (χ1v) is 7.99.